The smallest absolute Gasteiger partial charge is 0.229 e. The van der Waals surface area contributed by atoms with E-state index in [9.17, 15) is 8.76 Å². The van der Waals surface area contributed by atoms with Crippen molar-refractivity contribution in [3.63, 3.8) is 0 Å². The van der Waals surface area contributed by atoms with Crippen LogP contribution >= 0.6 is 15.9 Å². The van der Waals surface area contributed by atoms with E-state index in [1.54, 1.807) is 6.20 Å². The molecule has 4 aromatic rings. The van der Waals surface area contributed by atoms with Gasteiger partial charge in [-0.2, -0.15) is 10.1 Å². The molecule has 3 heterocycles. The first-order chi connectivity index (χ1) is 17.9. The van der Waals surface area contributed by atoms with Crippen LogP contribution in [0.15, 0.2) is 53.1 Å². The van der Waals surface area contributed by atoms with Gasteiger partial charge in [0.05, 0.1) is 15.7 Å². The van der Waals surface area contributed by atoms with Crippen molar-refractivity contribution >= 4 is 61.2 Å². The van der Waals surface area contributed by atoms with Crippen molar-refractivity contribution in [1.82, 2.24) is 29.4 Å². The summed E-state index contributed by atoms with van der Waals surface area (Å²) in [4.78, 5) is 11.4. The lowest BCUT2D eigenvalue weighted by molar-refractivity contribution is 0.253. The summed E-state index contributed by atoms with van der Waals surface area (Å²) in [7, 11) is 4.15. The fourth-order valence-corrected chi connectivity index (χ4v) is 5.21. The molecule has 1 aliphatic rings. The molecule has 0 spiro atoms. The van der Waals surface area contributed by atoms with E-state index in [1.165, 1.54) is 11.1 Å². The summed E-state index contributed by atoms with van der Waals surface area (Å²) in [6, 6.07) is 13.7. The van der Waals surface area contributed by atoms with Crippen LogP contribution in [0.3, 0.4) is 0 Å². The Bertz CT molecular complexity index is 1440. The third kappa shape index (κ3) is 5.99. The Labute approximate surface area is 226 Å². The first kappa shape index (κ1) is 25.7. The molecule has 0 saturated carbocycles. The summed E-state index contributed by atoms with van der Waals surface area (Å²) in [6.45, 7) is 2.36. The van der Waals surface area contributed by atoms with E-state index >= 15 is 0 Å². The van der Waals surface area contributed by atoms with Crippen LogP contribution in [-0.4, -0.2) is 53.5 Å². The number of para-hydroxylation sites is 1. The molecule has 37 heavy (non-hydrogen) atoms. The quantitative estimate of drug-likeness (QED) is 0.262. The SMILES string of the molecule is CN1CCC(c2nn(C)c3cc(Nc4ncc(Br)c(Nc5ccccc5CNS(=O)[O-])n4)ccc23)CC1. The van der Waals surface area contributed by atoms with E-state index in [0.29, 0.717) is 22.2 Å². The van der Waals surface area contributed by atoms with Crippen LogP contribution in [0.5, 0.6) is 0 Å². The van der Waals surface area contributed by atoms with Crippen molar-refractivity contribution in [2.24, 2.45) is 7.05 Å². The van der Waals surface area contributed by atoms with Crippen molar-refractivity contribution in [2.75, 3.05) is 30.8 Å². The Kier molecular flexibility index (Phi) is 7.81. The molecule has 194 valence electrons. The molecule has 5 rings (SSSR count). The summed E-state index contributed by atoms with van der Waals surface area (Å²) < 4.78 is 26.9. The summed E-state index contributed by atoms with van der Waals surface area (Å²) >= 11 is 1.16. The largest absolute Gasteiger partial charge is 0.760 e. The van der Waals surface area contributed by atoms with Gasteiger partial charge in [0.25, 0.3) is 0 Å². The van der Waals surface area contributed by atoms with Crippen LogP contribution in [0.25, 0.3) is 10.9 Å². The molecule has 10 nitrogen and oxygen atoms in total. The van der Waals surface area contributed by atoms with Crippen molar-refractivity contribution < 1.29 is 8.76 Å². The van der Waals surface area contributed by atoms with Crippen molar-refractivity contribution in [3.05, 3.63) is 64.4 Å². The normalized spacial score (nSPS) is 15.7. The van der Waals surface area contributed by atoms with E-state index in [-0.39, 0.29) is 6.54 Å². The number of hydrogen-bond acceptors (Lipinski definition) is 8. The minimum atomic E-state index is -2.35. The summed E-state index contributed by atoms with van der Waals surface area (Å²) in [5.41, 5.74) is 4.63. The lowest BCUT2D eigenvalue weighted by atomic mass is 9.92. The lowest BCUT2D eigenvalue weighted by Gasteiger charge is -2.28. The molecule has 0 aliphatic carbocycles. The monoisotopic (exact) mass is 583 g/mol. The van der Waals surface area contributed by atoms with Gasteiger partial charge in [0.15, 0.2) is 0 Å². The second kappa shape index (κ2) is 11.2. The minimum Gasteiger partial charge on any atom is -0.760 e. The van der Waals surface area contributed by atoms with E-state index in [4.69, 9.17) is 5.10 Å². The summed E-state index contributed by atoms with van der Waals surface area (Å²) in [6.07, 6.45) is 3.92. The van der Waals surface area contributed by atoms with Gasteiger partial charge in [-0.3, -0.25) is 8.89 Å². The number of benzene rings is 2. The number of nitrogens with one attached hydrogen (secondary N) is 3. The summed E-state index contributed by atoms with van der Waals surface area (Å²) in [5, 5.41) is 12.6. The fourth-order valence-electron chi connectivity index (χ4n) is 4.65. The average Bonchev–Trinajstić information content (AvgIpc) is 3.21. The van der Waals surface area contributed by atoms with Gasteiger partial charge in [0.1, 0.15) is 5.82 Å². The number of aromatic nitrogens is 4. The molecule has 1 atom stereocenters. The number of anilines is 4. The number of piperidine rings is 1. The number of aryl methyl sites for hydroxylation is 1. The second-order valence-electron chi connectivity index (χ2n) is 9.17. The van der Waals surface area contributed by atoms with E-state index in [1.807, 2.05) is 42.1 Å². The Balaban J connectivity index is 1.36. The third-order valence-electron chi connectivity index (χ3n) is 6.64. The second-order valence-corrected chi connectivity index (χ2v) is 10.8. The van der Waals surface area contributed by atoms with Crippen LogP contribution in [0.1, 0.15) is 30.0 Å². The predicted octanol–water partition coefficient (Wildman–Crippen LogP) is 4.31. The molecule has 0 radical (unpaired) electrons. The van der Waals surface area contributed by atoms with Gasteiger partial charge in [-0.05, 0) is 78.7 Å². The van der Waals surface area contributed by atoms with Crippen molar-refractivity contribution in [1.29, 1.82) is 0 Å². The van der Waals surface area contributed by atoms with Gasteiger partial charge >= 0.3 is 0 Å². The number of hydrogen-bond donors (Lipinski definition) is 3. The first-order valence-electron chi connectivity index (χ1n) is 12.0. The molecule has 0 bridgehead atoms. The molecular weight excluding hydrogens is 556 g/mol. The predicted molar refractivity (Wildman–Crippen MR) is 149 cm³/mol. The highest BCUT2D eigenvalue weighted by atomic mass is 79.9. The molecule has 3 N–H and O–H groups in total. The topological polar surface area (TPSA) is 123 Å². The molecule has 2 aromatic carbocycles. The maximum atomic E-state index is 10.9. The molecule has 1 saturated heterocycles. The molecule has 12 heteroatoms. The number of likely N-dealkylation sites (tertiary alicyclic amines) is 1. The molecular formula is C25H28BrN8O2S-. The fraction of sp³-hybridized carbons (Fsp3) is 0.320. The number of halogens is 1. The van der Waals surface area contributed by atoms with Gasteiger partial charge in [0.2, 0.25) is 5.95 Å². The highest BCUT2D eigenvalue weighted by Gasteiger charge is 2.23. The van der Waals surface area contributed by atoms with Crippen LogP contribution in [0.4, 0.5) is 23.1 Å². The van der Waals surface area contributed by atoms with Crippen molar-refractivity contribution in [2.45, 2.75) is 25.3 Å². The van der Waals surface area contributed by atoms with Crippen molar-refractivity contribution in [3.8, 4) is 0 Å². The van der Waals surface area contributed by atoms with Gasteiger partial charge in [-0.25, -0.2) is 9.71 Å². The van der Waals surface area contributed by atoms with Crippen LogP contribution in [-0.2, 0) is 24.9 Å². The van der Waals surface area contributed by atoms with Gasteiger partial charge in [0, 0.05) is 53.7 Å². The van der Waals surface area contributed by atoms with Crippen LogP contribution < -0.4 is 15.4 Å². The molecule has 1 fully saturated rings. The Morgan fingerprint density at radius 3 is 2.70 bits per heavy atom. The third-order valence-corrected chi connectivity index (χ3v) is 7.60. The minimum absolute atomic E-state index is 0.164. The standard InChI is InChI=1S/C25H29BrN8O2S/c1-33-11-9-16(10-12-33)23-19-8-7-18(13-22(19)34(2)32-23)29-25-27-15-20(26)24(31-25)30-21-6-4-3-5-17(21)14-28-37(35)36/h3-8,13,15-16,28H,9-12,14H2,1-2H3,(H,35,36)(H2,27,29,30,31)/p-1. The Hall–Kier alpha value is -2.90. The highest BCUT2D eigenvalue weighted by Crippen LogP contribution is 2.34. The number of fused-ring (bicyclic) bond motifs is 1. The van der Waals surface area contributed by atoms with E-state index in [0.717, 1.165) is 48.4 Å². The maximum absolute atomic E-state index is 10.9. The zero-order chi connectivity index (χ0) is 25.9. The zero-order valence-corrected chi connectivity index (χ0v) is 23.0. The van der Waals surface area contributed by atoms with Crippen LogP contribution in [0.2, 0.25) is 0 Å². The number of rotatable bonds is 8. The molecule has 2 aromatic heterocycles. The molecule has 0 amide bonds. The van der Waals surface area contributed by atoms with E-state index in [2.05, 4.69) is 65.3 Å². The van der Waals surface area contributed by atoms with E-state index < -0.39 is 11.3 Å². The maximum Gasteiger partial charge on any atom is 0.229 e. The average molecular weight is 585 g/mol. The first-order valence-corrected chi connectivity index (χ1v) is 13.9. The van der Waals surface area contributed by atoms with Gasteiger partial charge in [-0.1, -0.05) is 18.2 Å². The Morgan fingerprint density at radius 2 is 1.92 bits per heavy atom. The van der Waals surface area contributed by atoms with Crippen LogP contribution in [0, 0.1) is 0 Å². The lowest BCUT2D eigenvalue weighted by Crippen LogP contribution is -2.29. The highest BCUT2D eigenvalue weighted by molar-refractivity contribution is 9.10. The number of nitrogens with zero attached hydrogens (tertiary/aromatic N) is 5. The Morgan fingerprint density at radius 1 is 1.14 bits per heavy atom. The molecule has 1 unspecified atom stereocenters. The van der Waals surface area contributed by atoms with Gasteiger partial charge < -0.3 is 20.1 Å². The molecule has 1 aliphatic heterocycles. The zero-order valence-electron chi connectivity index (χ0n) is 20.6. The summed E-state index contributed by atoms with van der Waals surface area (Å²) in [5.74, 6) is 1.47. The van der Waals surface area contributed by atoms with Gasteiger partial charge in [-0.15, -0.1) is 0 Å².